The van der Waals surface area contributed by atoms with Gasteiger partial charge in [-0.25, -0.2) is 0 Å². The van der Waals surface area contributed by atoms with E-state index in [1.807, 2.05) is 43.3 Å². The van der Waals surface area contributed by atoms with Gasteiger partial charge >= 0.3 is 0 Å². The van der Waals surface area contributed by atoms with E-state index in [4.69, 9.17) is 4.74 Å². The highest BCUT2D eigenvalue weighted by Gasteiger charge is 2.46. The van der Waals surface area contributed by atoms with Gasteiger partial charge in [-0.2, -0.15) is 0 Å². The Hall–Kier alpha value is -4.20. The molecule has 2 aromatic carbocycles. The quantitative estimate of drug-likeness (QED) is 0.173. The van der Waals surface area contributed by atoms with Gasteiger partial charge in [0.15, 0.2) is 0 Å². The van der Waals surface area contributed by atoms with E-state index in [0.29, 0.717) is 29.2 Å². The summed E-state index contributed by atoms with van der Waals surface area (Å²) in [6, 6.07) is 23.1. The number of aryl methyl sites for hydroxylation is 1. The molecule has 39 heavy (non-hydrogen) atoms. The maximum Gasteiger partial charge on any atom is 0.296 e. The fourth-order valence-corrected chi connectivity index (χ4v) is 4.45. The number of benzene rings is 2. The molecule has 1 amide bonds. The Morgan fingerprint density at radius 1 is 0.923 bits per heavy atom. The van der Waals surface area contributed by atoms with Gasteiger partial charge in [0.05, 0.1) is 23.9 Å². The van der Waals surface area contributed by atoms with Crippen molar-refractivity contribution in [1.29, 1.82) is 0 Å². The lowest BCUT2D eigenvalue weighted by molar-refractivity contribution is -0.140. The predicted molar refractivity (Wildman–Crippen MR) is 153 cm³/mol. The zero-order chi connectivity index (χ0) is 25.8. The molecule has 0 aliphatic carbocycles. The maximum atomic E-state index is 13.2. The second-order valence-corrected chi connectivity index (χ2v) is 8.78. The number of ketones is 1. The van der Waals surface area contributed by atoms with Crippen molar-refractivity contribution in [3.63, 3.8) is 0 Å². The first-order valence-corrected chi connectivity index (χ1v) is 11.9. The van der Waals surface area contributed by atoms with Gasteiger partial charge < -0.3 is 14.7 Å². The van der Waals surface area contributed by atoms with Gasteiger partial charge in [-0.3, -0.25) is 19.6 Å². The van der Waals surface area contributed by atoms with Gasteiger partial charge in [0.1, 0.15) is 18.1 Å². The summed E-state index contributed by atoms with van der Waals surface area (Å²) in [6.45, 7) is 2.41. The average Bonchev–Trinajstić information content (AvgIpc) is 3.18. The predicted octanol–water partition coefficient (Wildman–Crippen LogP) is 5.83. The number of nitrogens with zero attached hydrogens (tertiary/aromatic N) is 3. The Kier molecular flexibility index (Phi) is 9.82. The molecule has 7 nitrogen and oxygen atoms in total. The highest BCUT2D eigenvalue weighted by Crippen LogP contribution is 2.40. The number of carbonyl (C=O) groups excluding carboxylic acids is 2. The third kappa shape index (κ3) is 6.28. The number of carbonyl (C=O) groups is 2. The molecule has 1 atom stereocenters. The van der Waals surface area contributed by atoms with Crippen LogP contribution in [0.5, 0.6) is 5.75 Å². The van der Waals surface area contributed by atoms with Crippen molar-refractivity contribution in [2.45, 2.75) is 26.1 Å². The lowest BCUT2D eigenvalue weighted by atomic mass is 9.95. The van der Waals surface area contributed by atoms with Crippen molar-refractivity contribution in [3.05, 3.63) is 131 Å². The summed E-state index contributed by atoms with van der Waals surface area (Å²) in [7, 11) is 0. The minimum absolute atomic E-state index is 0. The summed E-state index contributed by atoms with van der Waals surface area (Å²) in [6.07, 6.45) is 4.83. The lowest BCUT2D eigenvalue weighted by Gasteiger charge is -2.25. The third-order valence-corrected chi connectivity index (χ3v) is 6.31. The summed E-state index contributed by atoms with van der Waals surface area (Å²) in [4.78, 5) is 36.2. The molecule has 0 radical (unpaired) electrons. The van der Waals surface area contributed by atoms with Gasteiger partial charge in [0.25, 0.3) is 11.7 Å². The topological polar surface area (TPSA) is 92.6 Å². The molecule has 1 fully saturated rings. The van der Waals surface area contributed by atoms with Crippen LogP contribution < -0.4 is 4.74 Å². The van der Waals surface area contributed by atoms with Crippen molar-refractivity contribution in [3.8, 4) is 5.75 Å². The molecule has 1 saturated heterocycles. The molecule has 1 N–H and O–H groups in total. The average molecular weight is 564 g/mol. The fraction of sp³-hybridized carbons (Fsp3) is 0.133. The van der Waals surface area contributed by atoms with Crippen LogP contribution in [-0.2, 0) is 22.7 Å². The van der Waals surface area contributed by atoms with Gasteiger partial charge in [0.2, 0.25) is 0 Å². The van der Waals surface area contributed by atoms with Crippen molar-refractivity contribution >= 4 is 42.3 Å². The fourth-order valence-electron chi connectivity index (χ4n) is 4.45. The molecule has 0 spiro atoms. The molecule has 4 aromatic rings. The van der Waals surface area contributed by atoms with Gasteiger partial charge in [-0.05, 0) is 66.1 Å². The third-order valence-electron chi connectivity index (χ3n) is 6.31. The highest BCUT2D eigenvalue weighted by molar-refractivity contribution is 6.46. The van der Waals surface area contributed by atoms with E-state index in [0.717, 1.165) is 11.1 Å². The first-order valence-electron chi connectivity index (χ1n) is 11.9. The van der Waals surface area contributed by atoms with E-state index in [-0.39, 0.29) is 42.7 Å². The van der Waals surface area contributed by atoms with E-state index in [2.05, 4.69) is 9.97 Å². The Labute approximate surface area is 239 Å². The number of hydrogen-bond acceptors (Lipinski definition) is 6. The van der Waals surface area contributed by atoms with Crippen LogP contribution in [0.4, 0.5) is 0 Å². The number of halogens is 2. The van der Waals surface area contributed by atoms with E-state index in [1.54, 1.807) is 61.1 Å². The van der Waals surface area contributed by atoms with Gasteiger partial charge in [-0.1, -0.05) is 36.4 Å². The van der Waals surface area contributed by atoms with E-state index < -0.39 is 17.7 Å². The number of hydrogen-bond donors (Lipinski definition) is 1. The summed E-state index contributed by atoms with van der Waals surface area (Å²) in [5.41, 5.74) is 3.61. The Balaban J connectivity index is 0.00000210. The number of rotatable bonds is 7. The van der Waals surface area contributed by atoms with Gasteiger partial charge in [0, 0.05) is 24.2 Å². The SMILES string of the molecule is Cc1cc(/C(O)=C2\C(=O)C(=O)N(Cc3ccccn3)C2c2ccncc2)ccc1OCc1ccccc1.Cl.Cl. The monoisotopic (exact) mass is 563 g/mol. The van der Waals surface area contributed by atoms with Gasteiger partial charge in [-0.15, -0.1) is 24.8 Å². The number of Topliss-reactive ketones (excluding diaryl/α,β-unsaturated/α-hetero) is 1. The van der Waals surface area contributed by atoms with Crippen molar-refractivity contribution in [2.24, 2.45) is 0 Å². The molecule has 2 aromatic heterocycles. The second kappa shape index (κ2) is 13.0. The summed E-state index contributed by atoms with van der Waals surface area (Å²) in [5, 5.41) is 11.4. The molecule has 1 aliphatic rings. The van der Waals surface area contributed by atoms with Crippen molar-refractivity contribution in [2.75, 3.05) is 0 Å². The van der Waals surface area contributed by atoms with Crippen LogP contribution in [-0.4, -0.2) is 31.7 Å². The van der Waals surface area contributed by atoms with E-state index in [9.17, 15) is 14.7 Å². The zero-order valence-corrected chi connectivity index (χ0v) is 22.7. The molecule has 200 valence electrons. The summed E-state index contributed by atoms with van der Waals surface area (Å²) in [5.74, 6) is -0.992. The zero-order valence-electron chi connectivity index (χ0n) is 21.1. The minimum atomic E-state index is -0.778. The van der Waals surface area contributed by atoms with Crippen LogP contribution in [0.15, 0.2) is 103 Å². The molecular weight excluding hydrogens is 537 g/mol. The number of aliphatic hydroxyl groups excluding tert-OH is 1. The van der Waals surface area contributed by atoms with Crippen molar-refractivity contribution < 1.29 is 19.4 Å². The number of aromatic nitrogens is 2. The molecule has 0 bridgehead atoms. The smallest absolute Gasteiger partial charge is 0.296 e. The molecule has 9 heteroatoms. The minimum Gasteiger partial charge on any atom is -0.507 e. The first kappa shape index (κ1) is 29.4. The highest BCUT2D eigenvalue weighted by atomic mass is 35.5. The van der Waals surface area contributed by atoms with E-state index >= 15 is 0 Å². The lowest BCUT2D eigenvalue weighted by Crippen LogP contribution is -2.29. The first-order chi connectivity index (χ1) is 18.0. The molecule has 0 saturated carbocycles. The van der Waals surface area contributed by atoms with Crippen LogP contribution in [0.25, 0.3) is 5.76 Å². The largest absolute Gasteiger partial charge is 0.507 e. The standard InChI is InChI=1S/C30H25N3O4.2ClH/c1-20-17-23(10-11-25(20)37-19-21-7-3-2-4-8-21)28(34)26-27(22-12-15-31-16-13-22)33(30(36)29(26)35)18-24-9-5-6-14-32-24;;/h2-17,27,34H,18-19H2,1H3;2*1H/b28-26+;;. The van der Waals surface area contributed by atoms with Crippen LogP contribution in [0.1, 0.15) is 34.0 Å². The van der Waals surface area contributed by atoms with E-state index in [1.165, 1.54) is 4.90 Å². The molecular formula is C30H27Cl2N3O4. The summed E-state index contributed by atoms with van der Waals surface area (Å²) >= 11 is 0. The van der Waals surface area contributed by atoms with Crippen LogP contribution in [0, 0.1) is 6.92 Å². The van der Waals surface area contributed by atoms with Crippen molar-refractivity contribution in [1.82, 2.24) is 14.9 Å². The van der Waals surface area contributed by atoms with Crippen LogP contribution in [0.3, 0.4) is 0 Å². The molecule has 1 unspecified atom stereocenters. The number of ether oxygens (including phenoxy) is 1. The normalized spacial score (nSPS) is 15.8. The Morgan fingerprint density at radius 3 is 2.31 bits per heavy atom. The number of likely N-dealkylation sites (tertiary alicyclic amines) is 1. The molecule has 5 rings (SSSR count). The van der Waals surface area contributed by atoms with Crippen LogP contribution >= 0.6 is 24.8 Å². The number of pyridine rings is 2. The van der Waals surface area contributed by atoms with Crippen LogP contribution in [0.2, 0.25) is 0 Å². The Bertz CT molecular complexity index is 1470. The Morgan fingerprint density at radius 2 is 1.64 bits per heavy atom. The molecule has 3 heterocycles. The number of aliphatic hydroxyl groups is 1. The molecule has 1 aliphatic heterocycles. The second-order valence-electron chi connectivity index (χ2n) is 8.78. The maximum absolute atomic E-state index is 13.2. The number of amides is 1. The summed E-state index contributed by atoms with van der Waals surface area (Å²) < 4.78 is 5.95.